The molecular weight excluding hydrogens is 280 g/mol. The molecular formula is C13H20N2S3. The third kappa shape index (κ3) is 2.94. The van der Waals surface area contributed by atoms with Crippen molar-refractivity contribution < 1.29 is 0 Å². The predicted molar refractivity (Wildman–Crippen MR) is 85.3 cm³/mol. The SMILES string of the molecule is CCc1c(C)[nH]c(C2SCCSC2CC)nc1=S. The Kier molecular flexibility index (Phi) is 5.15. The molecule has 2 nitrogen and oxygen atoms in total. The zero-order valence-corrected chi connectivity index (χ0v) is 13.6. The summed E-state index contributed by atoms with van der Waals surface area (Å²) in [6.45, 7) is 6.51. The molecule has 100 valence electrons. The number of rotatable bonds is 3. The molecule has 0 aromatic carbocycles. The van der Waals surface area contributed by atoms with E-state index >= 15 is 0 Å². The van der Waals surface area contributed by atoms with E-state index in [4.69, 9.17) is 12.2 Å². The van der Waals surface area contributed by atoms with Crippen molar-refractivity contribution in [3.05, 3.63) is 21.7 Å². The van der Waals surface area contributed by atoms with Gasteiger partial charge in [-0.05, 0) is 19.8 Å². The first kappa shape index (κ1) is 14.4. The molecule has 0 amide bonds. The lowest BCUT2D eigenvalue weighted by Crippen LogP contribution is -2.21. The van der Waals surface area contributed by atoms with Gasteiger partial charge >= 0.3 is 0 Å². The third-order valence-corrected chi connectivity index (χ3v) is 6.92. The van der Waals surface area contributed by atoms with E-state index in [1.165, 1.54) is 29.2 Å². The molecule has 5 heteroatoms. The zero-order valence-electron chi connectivity index (χ0n) is 11.2. The van der Waals surface area contributed by atoms with Crippen molar-refractivity contribution in [3.8, 4) is 0 Å². The summed E-state index contributed by atoms with van der Waals surface area (Å²) in [6.07, 6.45) is 2.15. The number of nitrogens with zero attached hydrogens (tertiary/aromatic N) is 1. The van der Waals surface area contributed by atoms with Crippen molar-refractivity contribution >= 4 is 35.7 Å². The van der Waals surface area contributed by atoms with Gasteiger partial charge in [0.15, 0.2) is 0 Å². The Morgan fingerprint density at radius 1 is 1.33 bits per heavy atom. The number of hydrogen-bond acceptors (Lipinski definition) is 4. The molecule has 2 heterocycles. The number of H-pyrrole nitrogens is 1. The van der Waals surface area contributed by atoms with Gasteiger partial charge in [0, 0.05) is 28.0 Å². The molecule has 1 saturated heterocycles. The highest BCUT2D eigenvalue weighted by molar-refractivity contribution is 8.06. The predicted octanol–water partition coefficient (Wildman–Crippen LogP) is 4.31. The van der Waals surface area contributed by atoms with Gasteiger partial charge in [0.25, 0.3) is 0 Å². The minimum atomic E-state index is 0.472. The van der Waals surface area contributed by atoms with Crippen molar-refractivity contribution in [1.29, 1.82) is 0 Å². The standard InChI is InChI=1S/C13H20N2S3/c1-4-9-8(3)14-12(15-13(9)16)11-10(5-2)17-6-7-18-11/h10-11H,4-7H2,1-3H3,(H,14,15,16). The number of hydrogen-bond donors (Lipinski definition) is 1. The largest absolute Gasteiger partial charge is 0.346 e. The molecule has 18 heavy (non-hydrogen) atoms. The monoisotopic (exact) mass is 300 g/mol. The lowest BCUT2D eigenvalue weighted by molar-refractivity contribution is 0.738. The van der Waals surface area contributed by atoms with Crippen LogP contribution in [0.2, 0.25) is 0 Å². The van der Waals surface area contributed by atoms with Crippen LogP contribution in [0.5, 0.6) is 0 Å². The maximum Gasteiger partial charge on any atom is 0.133 e. The van der Waals surface area contributed by atoms with Crippen LogP contribution in [-0.4, -0.2) is 26.7 Å². The summed E-state index contributed by atoms with van der Waals surface area (Å²) < 4.78 is 0.787. The lowest BCUT2D eigenvalue weighted by Gasteiger charge is -2.29. The number of nitrogens with one attached hydrogen (secondary N) is 1. The Morgan fingerprint density at radius 3 is 2.67 bits per heavy atom. The normalized spacial score (nSPS) is 24.2. The second-order valence-corrected chi connectivity index (χ2v) is 7.48. The van der Waals surface area contributed by atoms with Gasteiger partial charge in [0.1, 0.15) is 10.5 Å². The van der Waals surface area contributed by atoms with Crippen LogP contribution in [0.3, 0.4) is 0 Å². The number of thioether (sulfide) groups is 2. The first-order chi connectivity index (χ1) is 8.67. The van der Waals surface area contributed by atoms with Crippen LogP contribution in [-0.2, 0) is 6.42 Å². The van der Waals surface area contributed by atoms with Crippen molar-refractivity contribution in [2.75, 3.05) is 11.5 Å². The van der Waals surface area contributed by atoms with Gasteiger partial charge in [0.2, 0.25) is 0 Å². The first-order valence-electron chi connectivity index (χ1n) is 6.50. The highest BCUT2D eigenvalue weighted by Gasteiger charge is 2.28. The fourth-order valence-electron chi connectivity index (χ4n) is 2.34. The van der Waals surface area contributed by atoms with Gasteiger partial charge in [-0.3, -0.25) is 0 Å². The molecule has 1 aromatic heterocycles. The first-order valence-corrected chi connectivity index (χ1v) is 9.00. The Balaban J connectivity index is 2.35. The highest BCUT2D eigenvalue weighted by atomic mass is 32.2. The van der Waals surface area contributed by atoms with E-state index in [-0.39, 0.29) is 0 Å². The van der Waals surface area contributed by atoms with Crippen LogP contribution in [0.4, 0.5) is 0 Å². The van der Waals surface area contributed by atoms with Crippen molar-refractivity contribution in [2.45, 2.75) is 44.1 Å². The second kappa shape index (κ2) is 6.44. The van der Waals surface area contributed by atoms with Gasteiger partial charge in [-0.1, -0.05) is 26.1 Å². The molecule has 0 bridgehead atoms. The summed E-state index contributed by atoms with van der Waals surface area (Å²) in [4.78, 5) is 8.14. The van der Waals surface area contributed by atoms with Crippen LogP contribution in [0.1, 0.15) is 42.6 Å². The average molecular weight is 301 g/mol. The smallest absolute Gasteiger partial charge is 0.133 e. The molecule has 0 aliphatic carbocycles. The summed E-state index contributed by atoms with van der Waals surface area (Å²) in [5.41, 5.74) is 2.38. The van der Waals surface area contributed by atoms with Crippen LogP contribution in [0, 0.1) is 11.6 Å². The van der Waals surface area contributed by atoms with Gasteiger partial charge in [0.05, 0.1) is 5.25 Å². The zero-order chi connectivity index (χ0) is 13.1. The molecule has 1 fully saturated rings. The summed E-state index contributed by atoms with van der Waals surface area (Å²) in [5, 5.41) is 1.13. The topological polar surface area (TPSA) is 28.7 Å². The average Bonchev–Trinajstić information content (AvgIpc) is 2.38. The second-order valence-electron chi connectivity index (χ2n) is 4.49. The van der Waals surface area contributed by atoms with Crippen LogP contribution >= 0.6 is 35.7 Å². The molecule has 1 aromatic rings. The molecule has 1 aliphatic heterocycles. The van der Waals surface area contributed by atoms with E-state index in [0.717, 1.165) is 16.9 Å². The summed E-state index contributed by atoms with van der Waals surface area (Å²) in [7, 11) is 0. The molecule has 1 N–H and O–H groups in total. The molecule has 0 saturated carbocycles. The summed E-state index contributed by atoms with van der Waals surface area (Å²) >= 11 is 9.52. The molecule has 1 aliphatic rings. The highest BCUT2D eigenvalue weighted by Crippen LogP contribution is 2.42. The molecule has 2 atom stereocenters. The van der Waals surface area contributed by atoms with Gasteiger partial charge in [-0.25, -0.2) is 4.98 Å². The quantitative estimate of drug-likeness (QED) is 0.842. The minimum Gasteiger partial charge on any atom is -0.346 e. The third-order valence-electron chi connectivity index (χ3n) is 3.32. The summed E-state index contributed by atoms with van der Waals surface area (Å²) in [6, 6.07) is 0. The number of aryl methyl sites for hydroxylation is 1. The van der Waals surface area contributed by atoms with E-state index in [1.54, 1.807) is 0 Å². The maximum atomic E-state index is 5.42. The molecule has 0 spiro atoms. The Hall–Kier alpha value is -0.000000000000000139. The van der Waals surface area contributed by atoms with Crippen molar-refractivity contribution in [1.82, 2.24) is 9.97 Å². The fourth-order valence-corrected chi connectivity index (χ4v) is 5.75. The van der Waals surface area contributed by atoms with Crippen LogP contribution in [0.15, 0.2) is 0 Å². The van der Waals surface area contributed by atoms with Crippen molar-refractivity contribution in [2.24, 2.45) is 0 Å². The summed E-state index contributed by atoms with van der Waals surface area (Å²) in [5.74, 6) is 3.55. The van der Waals surface area contributed by atoms with Gasteiger partial charge in [-0.2, -0.15) is 11.8 Å². The Morgan fingerprint density at radius 2 is 2.06 bits per heavy atom. The number of aromatic nitrogens is 2. The maximum absolute atomic E-state index is 5.42. The van der Waals surface area contributed by atoms with E-state index in [0.29, 0.717) is 10.5 Å². The Bertz CT molecular complexity index is 470. The molecule has 2 rings (SSSR count). The van der Waals surface area contributed by atoms with Crippen molar-refractivity contribution in [3.63, 3.8) is 0 Å². The van der Waals surface area contributed by atoms with Crippen LogP contribution in [0.25, 0.3) is 0 Å². The molecule has 2 unspecified atom stereocenters. The fraction of sp³-hybridized carbons (Fsp3) is 0.692. The van der Waals surface area contributed by atoms with Gasteiger partial charge < -0.3 is 4.98 Å². The minimum absolute atomic E-state index is 0.472. The van der Waals surface area contributed by atoms with E-state index in [2.05, 4.69) is 42.5 Å². The number of aromatic amines is 1. The van der Waals surface area contributed by atoms with E-state index in [1.807, 2.05) is 11.8 Å². The van der Waals surface area contributed by atoms with Crippen LogP contribution < -0.4 is 0 Å². The van der Waals surface area contributed by atoms with Gasteiger partial charge in [-0.15, -0.1) is 11.8 Å². The van der Waals surface area contributed by atoms with E-state index in [9.17, 15) is 0 Å². The Labute approximate surface area is 123 Å². The van der Waals surface area contributed by atoms with E-state index < -0.39 is 0 Å². The lowest BCUT2D eigenvalue weighted by atomic mass is 10.1. The molecule has 0 radical (unpaired) electrons.